The number of anilines is 2. The highest BCUT2D eigenvalue weighted by molar-refractivity contribution is 7.48. The largest absolute Gasteiger partial charge is 0.474 e. The molecule has 6 heterocycles. The number of carbonyl (C=O) groups excluding carboxylic acids is 6. The molecule has 0 aromatic carbocycles. The standard InChI is InChI=1S/C65H105N11O29P2/c1-39(2)55(77)73-63-72-54-47(56(78)74-63)76(38-71-54)58-51(104-62(82)43(9)10)49(102-60(80)41(5)6)45(100-58)35-98-107(85,87-15)96-33-31-94-29-27-92-25-23-90-22-24-91-26-28-93-30-32-95-106(84,86-14)97-34-44-48(101-59(79)40(3)4)50(103-61(81)42(7)8)57(99-44)75-37-70-53-46(75)52(68-36-69-53)66-16-18-88-20-21-89-19-17-67-64(83)105-65(11,12)13/h36-45,48-51,57-58H,16-35H2,1-15H3,(H,67,83)(H,66,68,69)(H2,72,73,74,77,78)/t44-,45-,48-,49-,50-,51-,57-,58-,106?,107?/m1/s1. The van der Waals surface area contributed by atoms with Crippen LogP contribution in [0.15, 0.2) is 23.8 Å². The molecule has 0 saturated carbocycles. The number of carbonyl (C=O) groups is 6. The van der Waals surface area contributed by atoms with Gasteiger partial charge in [0.25, 0.3) is 5.56 Å². The van der Waals surface area contributed by atoms with Crippen molar-refractivity contribution >= 4 is 85.6 Å². The van der Waals surface area contributed by atoms with Crippen molar-refractivity contribution in [1.29, 1.82) is 0 Å². The highest BCUT2D eigenvalue weighted by atomic mass is 31.2. The summed E-state index contributed by atoms with van der Waals surface area (Å²) >= 11 is 0. The number of esters is 4. The summed E-state index contributed by atoms with van der Waals surface area (Å²) in [5, 5.41) is 8.36. The molecule has 2 aliphatic heterocycles. The van der Waals surface area contributed by atoms with E-state index in [0.717, 1.165) is 14.2 Å². The SMILES string of the molecule is COP(=O)(OCCOCCOCCOCCOCCOCCOP(=O)(OC)OC[C@H]1O[C@@H](n2cnc3nc(NC(=O)C(C)C)[nH]c(=O)c32)[C@H](OC(=O)C(C)C)[C@@H]1OC(=O)C(C)C)OC[C@H]1O[C@@H](n2cnc3ncnc(NCCOCCOCCNC(=O)OC(C)(C)C)c32)[C@H](OC(=O)C(C)C)[C@@H]1OC(=O)C(C)C. The van der Waals surface area contributed by atoms with Gasteiger partial charge >= 0.3 is 45.6 Å². The second kappa shape index (κ2) is 44.1. The Labute approximate surface area is 619 Å². The third-order valence-electron chi connectivity index (χ3n) is 15.1. The molecular formula is C65H105N11O29P2. The topological polar surface area (TPSA) is 464 Å². The number of alkyl carbamates (subject to hydrolysis) is 1. The minimum Gasteiger partial charge on any atom is -0.455 e. The number of hydrogen-bond acceptors (Lipinski definition) is 35. The van der Waals surface area contributed by atoms with E-state index in [1.165, 1.54) is 28.1 Å². The summed E-state index contributed by atoms with van der Waals surface area (Å²) < 4.78 is 144. The van der Waals surface area contributed by atoms with Crippen molar-refractivity contribution in [1.82, 2.24) is 44.4 Å². The quantitative estimate of drug-likeness (QED) is 0.0190. The van der Waals surface area contributed by atoms with Crippen LogP contribution in [0.2, 0.25) is 0 Å². The summed E-state index contributed by atoms with van der Waals surface area (Å²) in [4.78, 5) is 115. The molecule has 4 N–H and O–H groups in total. The smallest absolute Gasteiger partial charge is 0.455 e. The van der Waals surface area contributed by atoms with Crippen molar-refractivity contribution in [3.8, 4) is 0 Å². The number of H-pyrrole nitrogens is 1. The molecule has 2 unspecified atom stereocenters. The van der Waals surface area contributed by atoms with Gasteiger partial charge in [-0.15, -0.1) is 0 Å². The molecular weight excluding hydrogens is 1460 g/mol. The molecule has 10 atom stereocenters. The highest BCUT2D eigenvalue weighted by Gasteiger charge is 2.54. The summed E-state index contributed by atoms with van der Waals surface area (Å²) in [6.07, 6.45) is -7.05. The third-order valence-corrected chi connectivity index (χ3v) is 17.9. The lowest BCUT2D eigenvalue weighted by atomic mass is 10.1. The predicted molar refractivity (Wildman–Crippen MR) is 375 cm³/mol. The first kappa shape index (κ1) is 89.1. The monoisotopic (exact) mass is 1570 g/mol. The van der Waals surface area contributed by atoms with E-state index in [0.29, 0.717) is 11.3 Å². The number of phosphoric acid groups is 2. The van der Waals surface area contributed by atoms with E-state index >= 15 is 0 Å². The van der Waals surface area contributed by atoms with Crippen LogP contribution in [0.1, 0.15) is 102 Å². The van der Waals surface area contributed by atoms with Crippen LogP contribution in [-0.4, -0.2) is 263 Å². The zero-order valence-electron chi connectivity index (χ0n) is 63.2. The van der Waals surface area contributed by atoms with Crippen LogP contribution in [0, 0.1) is 29.6 Å². The minimum atomic E-state index is -4.33. The Morgan fingerprint density at radius 2 is 0.897 bits per heavy atom. The van der Waals surface area contributed by atoms with Crippen molar-refractivity contribution in [3.05, 3.63) is 29.3 Å². The number of aromatic amines is 1. The van der Waals surface area contributed by atoms with Crippen LogP contribution < -0.4 is 21.5 Å². The van der Waals surface area contributed by atoms with Gasteiger partial charge in [-0.2, -0.15) is 4.98 Å². The predicted octanol–water partition coefficient (Wildman–Crippen LogP) is 5.25. The summed E-state index contributed by atoms with van der Waals surface area (Å²) in [5.41, 5.74) is -0.966. The van der Waals surface area contributed by atoms with E-state index in [1.54, 1.807) is 90.0 Å². The molecule has 4 aromatic heterocycles. The Balaban J connectivity index is 0.871. The van der Waals surface area contributed by atoms with Crippen molar-refractivity contribution < 1.29 is 131 Å². The van der Waals surface area contributed by atoms with Crippen molar-refractivity contribution in [2.45, 2.75) is 145 Å². The lowest BCUT2D eigenvalue weighted by Crippen LogP contribution is -2.42. The van der Waals surface area contributed by atoms with E-state index < -0.39 is 155 Å². The number of nitrogens with zero attached hydrogens (tertiary/aromatic N) is 7. The number of ether oxygens (including phenoxy) is 14. The Morgan fingerprint density at radius 1 is 0.505 bits per heavy atom. The molecule has 604 valence electrons. The van der Waals surface area contributed by atoms with Gasteiger partial charge in [0.1, 0.15) is 42.3 Å². The van der Waals surface area contributed by atoms with E-state index in [-0.39, 0.29) is 142 Å². The normalized spacial score (nSPS) is 20.1. The molecule has 107 heavy (non-hydrogen) atoms. The van der Waals surface area contributed by atoms with Crippen molar-refractivity contribution in [2.24, 2.45) is 29.6 Å². The number of rotatable bonds is 50. The number of imidazole rings is 2. The fourth-order valence-electron chi connectivity index (χ4n) is 9.53. The molecule has 2 amide bonds. The van der Waals surface area contributed by atoms with Crippen LogP contribution in [0.3, 0.4) is 0 Å². The lowest BCUT2D eigenvalue weighted by molar-refractivity contribution is -0.172. The number of phosphoric ester groups is 2. The second-order valence-electron chi connectivity index (χ2n) is 26.4. The Morgan fingerprint density at radius 3 is 1.31 bits per heavy atom. The van der Waals surface area contributed by atoms with Crippen LogP contribution >= 0.6 is 15.6 Å². The number of fused-ring (bicyclic) bond motifs is 2. The van der Waals surface area contributed by atoms with Crippen LogP contribution in [-0.2, 0) is 127 Å². The lowest BCUT2D eigenvalue weighted by Gasteiger charge is -2.26. The second-order valence-corrected chi connectivity index (χ2v) is 30.0. The van der Waals surface area contributed by atoms with E-state index in [9.17, 15) is 42.7 Å². The number of hydrogen-bond donors (Lipinski definition) is 4. The molecule has 2 fully saturated rings. The maximum atomic E-state index is 13.8. The molecule has 40 nitrogen and oxygen atoms in total. The van der Waals surface area contributed by atoms with E-state index in [4.69, 9.17) is 93.5 Å². The van der Waals surface area contributed by atoms with Gasteiger partial charge in [0.2, 0.25) is 11.9 Å². The summed E-state index contributed by atoms with van der Waals surface area (Å²) in [6.45, 7) is 23.0. The van der Waals surface area contributed by atoms with Crippen LogP contribution in [0.5, 0.6) is 0 Å². The molecule has 4 aromatic rings. The van der Waals surface area contributed by atoms with Crippen LogP contribution in [0.4, 0.5) is 16.6 Å². The third kappa shape index (κ3) is 28.5. The average molecular weight is 1570 g/mol. The molecule has 0 aliphatic carbocycles. The molecule has 2 saturated heterocycles. The summed E-state index contributed by atoms with van der Waals surface area (Å²) in [6, 6.07) is 0. The summed E-state index contributed by atoms with van der Waals surface area (Å²) in [5.74, 6) is -5.82. The first-order valence-electron chi connectivity index (χ1n) is 35.1. The maximum absolute atomic E-state index is 13.8. The first-order valence-corrected chi connectivity index (χ1v) is 38.0. The Kier molecular flexibility index (Phi) is 36.7. The van der Waals surface area contributed by atoms with Gasteiger partial charge in [-0.1, -0.05) is 69.2 Å². The van der Waals surface area contributed by atoms with E-state index in [2.05, 4.69) is 45.9 Å². The fourth-order valence-corrected chi connectivity index (χ4v) is 11.4. The average Bonchev–Trinajstić information content (AvgIpc) is 1.61. The zero-order valence-corrected chi connectivity index (χ0v) is 65.0. The number of nitrogens with one attached hydrogen (secondary N) is 4. The van der Waals surface area contributed by atoms with Crippen molar-refractivity contribution in [3.63, 3.8) is 0 Å². The minimum absolute atomic E-state index is 0.0395. The van der Waals surface area contributed by atoms with Crippen molar-refractivity contribution in [2.75, 3.05) is 157 Å². The Bertz CT molecular complexity index is 3610. The van der Waals surface area contributed by atoms with Gasteiger partial charge in [-0.3, -0.25) is 75.3 Å². The van der Waals surface area contributed by atoms with Gasteiger partial charge in [0, 0.05) is 33.2 Å². The fraction of sp³-hybridized carbons (Fsp3) is 0.754. The number of amides is 2. The number of aromatic nitrogens is 8. The van der Waals surface area contributed by atoms with Gasteiger partial charge < -0.3 is 76.9 Å². The van der Waals surface area contributed by atoms with Gasteiger partial charge in [-0.25, -0.2) is 33.9 Å². The summed E-state index contributed by atoms with van der Waals surface area (Å²) in [7, 11) is -6.42. The van der Waals surface area contributed by atoms with E-state index in [1.807, 2.05) is 0 Å². The molecule has 0 bridgehead atoms. The molecule has 6 rings (SSSR count). The molecule has 0 spiro atoms. The van der Waals surface area contributed by atoms with Gasteiger partial charge in [0.15, 0.2) is 59.5 Å². The first-order chi connectivity index (χ1) is 50.9. The highest BCUT2D eigenvalue weighted by Crippen LogP contribution is 2.51. The molecule has 42 heteroatoms. The maximum Gasteiger partial charge on any atom is 0.474 e. The van der Waals surface area contributed by atoms with Crippen LogP contribution in [0.25, 0.3) is 22.3 Å². The molecule has 2 aliphatic rings. The van der Waals surface area contributed by atoms with Gasteiger partial charge in [0.05, 0.1) is 143 Å². The molecule has 0 radical (unpaired) electrons. The van der Waals surface area contributed by atoms with Gasteiger partial charge in [-0.05, 0) is 20.8 Å². The zero-order chi connectivity index (χ0) is 78.4. The Hall–Kier alpha value is -6.82.